The van der Waals surface area contributed by atoms with Gasteiger partial charge in [-0.2, -0.15) is 16.8 Å². The van der Waals surface area contributed by atoms with E-state index in [4.69, 9.17) is 9.84 Å². The van der Waals surface area contributed by atoms with Gasteiger partial charge in [-0.15, -0.1) is 3.71 Å². The van der Waals surface area contributed by atoms with E-state index >= 15 is 0 Å². The summed E-state index contributed by atoms with van der Waals surface area (Å²) in [5.41, 5.74) is 1.79. The molecule has 12 heteroatoms. The molecular weight excluding hydrogens is 530 g/mol. The zero-order valence-electron chi connectivity index (χ0n) is 20.3. The molecule has 4 aromatic rings. The minimum atomic E-state index is -4.76. The summed E-state index contributed by atoms with van der Waals surface area (Å²) in [5, 5.41) is 8.16. The predicted octanol–water partition coefficient (Wildman–Crippen LogP) is 3.95. The Hall–Kier alpha value is -4.29. The van der Waals surface area contributed by atoms with Crippen LogP contribution in [0.5, 0.6) is 5.75 Å². The number of nitrogens with zero attached hydrogens (tertiary/aromatic N) is 3. The van der Waals surface area contributed by atoms with Crippen molar-refractivity contribution in [2.24, 2.45) is 0 Å². The first kappa shape index (κ1) is 26.8. The number of ether oxygens (including phenoxy) is 1. The van der Waals surface area contributed by atoms with Gasteiger partial charge in [-0.1, -0.05) is 24.3 Å². The number of benzene rings is 2. The quantitative estimate of drug-likeness (QED) is 0.326. The van der Waals surface area contributed by atoms with Crippen LogP contribution in [0.15, 0.2) is 95.2 Å². The average molecular weight is 554 g/mol. The van der Waals surface area contributed by atoms with Crippen LogP contribution < -0.4 is 8.45 Å². The number of sulfonamides is 2. The number of aryl methyl sites for hydroxylation is 2. The maximum Gasteiger partial charge on any atom is 0.335 e. The van der Waals surface area contributed by atoms with Gasteiger partial charge in [0, 0.05) is 12.4 Å². The van der Waals surface area contributed by atoms with Gasteiger partial charge in [0.2, 0.25) is 0 Å². The van der Waals surface area contributed by atoms with Gasteiger partial charge in [-0.25, -0.2) is 14.8 Å². The van der Waals surface area contributed by atoms with E-state index in [0.29, 0.717) is 14.8 Å². The summed E-state index contributed by atoms with van der Waals surface area (Å²) in [6.07, 6.45) is 2.49. The highest BCUT2D eigenvalue weighted by Crippen LogP contribution is 2.38. The molecular formula is C26H23N3O7S2. The van der Waals surface area contributed by atoms with Gasteiger partial charge in [-0.05, 0) is 79.1 Å². The van der Waals surface area contributed by atoms with E-state index in [-0.39, 0.29) is 23.6 Å². The van der Waals surface area contributed by atoms with Crippen LogP contribution in [-0.2, 0) is 26.7 Å². The molecule has 0 aliphatic carbocycles. The van der Waals surface area contributed by atoms with E-state index in [0.717, 1.165) is 5.56 Å². The van der Waals surface area contributed by atoms with Crippen LogP contribution in [0.2, 0.25) is 0 Å². The molecule has 0 unspecified atom stereocenters. The van der Waals surface area contributed by atoms with Gasteiger partial charge in [0.05, 0.1) is 5.56 Å². The van der Waals surface area contributed by atoms with Gasteiger partial charge < -0.3 is 9.84 Å². The molecule has 0 saturated carbocycles. The van der Waals surface area contributed by atoms with Crippen LogP contribution in [0.1, 0.15) is 27.0 Å². The Kier molecular flexibility index (Phi) is 7.46. The first-order valence-corrected chi connectivity index (χ1v) is 14.1. The number of rotatable bonds is 9. The molecule has 2 aromatic carbocycles. The molecule has 0 bridgehead atoms. The fourth-order valence-corrected chi connectivity index (χ4v) is 7.02. The fraction of sp³-hybridized carbons (Fsp3) is 0.115. The number of pyridine rings is 2. The Labute approximate surface area is 220 Å². The Bertz CT molecular complexity index is 1610. The van der Waals surface area contributed by atoms with Crippen molar-refractivity contribution in [1.29, 1.82) is 0 Å². The van der Waals surface area contributed by atoms with Crippen molar-refractivity contribution in [2.75, 3.05) is 3.71 Å². The standard InChI is InChI=1S/C26H23N3O7S2/c1-18-15-22(23(16-19(18)2)36-17-20-9-11-21(12-10-20)26(30)31)29(37(32,33)24-7-3-5-13-27-24)38(34,35)25-8-4-6-14-28-25/h3-16H,17H2,1-2H3,(H,30,31). The Morgan fingerprint density at radius 1 is 0.816 bits per heavy atom. The van der Waals surface area contributed by atoms with Crippen LogP contribution in [0.25, 0.3) is 0 Å². The van der Waals surface area contributed by atoms with Crippen molar-refractivity contribution >= 4 is 31.7 Å². The summed E-state index contributed by atoms with van der Waals surface area (Å²) < 4.78 is 61.5. The van der Waals surface area contributed by atoms with Crippen molar-refractivity contribution in [3.05, 3.63) is 107 Å². The minimum Gasteiger partial charge on any atom is -0.487 e. The number of aromatic carboxylic acids is 1. The molecule has 0 radical (unpaired) electrons. The van der Waals surface area contributed by atoms with E-state index < -0.39 is 36.1 Å². The molecule has 38 heavy (non-hydrogen) atoms. The predicted molar refractivity (Wildman–Crippen MR) is 139 cm³/mol. The summed E-state index contributed by atoms with van der Waals surface area (Å²) in [6.45, 7) is 3.40. The van der Waals surface area contributed by atoms with Crippen molar-refractivity contribution in [3.63, 3.8) is 0 Å². The molecule has 2 aromatic heterocycles. The number of hydrogen-bond acceptors (Lipinski definition) is 8. The smallest absolute Gasteiger partial charge is 0.335 e. The molecule has 0 aliphatic heterocycles. The largest absolute Gasteiger partial charge is 0.487 e. The van der Waals surface area contributed by atoms with Crippen molar-refractivity contribution < 1.29 is 31.5 Å². The SMILES string of the molecule is Cc1cc(OCc2ccc(C(=O)O)cc2)c(N(S(=O)(=O)c2ccccn2)S(=O)(=O)c2ccccn2)cc1C. The number of carbonyl (C=O) groups is 1. The van der Waals surface area contributed by atoms with Crippen LogP contribution in [0.4, 0.5) is 5.69 Å². The lowest BCUT2D eigenvalue weighted by Gasteiger charge is -2.26. The molecule has 0 fully saturated rings. The van der Waals surface area contributed by atoms with Crippen molar-refractivity contribution in [3.8, 4) is 5.75 Å². The molecule has 196 valence electrons. The van der Waals surface area contributed by atoms with Gasteiger partial charge in [0.1, 0.15) is 18.0 Å². The second kappa shape index (κ2) is 10.6. The van der Waals surface area contributed by atoms with Crippen LogP contribution in [0.3, 0.4) is 0 Å². The first-order valence-electron chi connectivity index (χ1n) is 11.2. The lowest BCUT2D eigenvalue weighted by molar-refractivity contribution is 0.0696. The molecule has 0 spiro atoms. The number of hydrogen-bond donors (Lipinski definition) is 1. The van der Waals surface area contributed by atoms with Gasteiger partial charge >= 0.3 is 5.97 Å². The second-order valence-electron chi connectivity index (χ2n) is 8.24. The topological polar surface area (TPSA) is 144 Å². The number of carboxylic acid groups (broad SMARTS) is 1. The number of anilines is 1. The molecule has 0 atom stereocenters. The normalized spacial score (nSPS) is 11.6. The van der Waals surface area contributed by atoms with Crippen LogP contribution >= 0.6 is 0 Å². The summed E-state index contributed by atoms with van der Waals surface area (Å²) in [7, 11) is -9.52. The second-order valence-corrected chi connectivity index (χ2v) is 11.9. The average Bonchev–Trinajstić information content (AvgIpc) is 2.91. The molecule has 1 N–H and O–H groups in total. The van der Waals surface area contributed by atoms with E-state index in [2.05, 4.69) is 9.97 Å². The third-order valence-electron chi connectivity index (χ3n) is 5.61. The lowest BCUT2D eigenvalue weighted by Crippen LogP contribution is -2.38. The third kappa shape index (κ3) is 5.36. The maximum atomic E-state index is 13.8. The van der Waals surface area contributed by atoms with Crippen molar-refractivity contribution in [1.82, 2.24) is 9.97 Å². The van der Waals surface area contributed by atoms with E-state index in [1.165, 1.54) is 67.0 Å². The summed E-state index contributed by atoms with van der Waals surface area (Å²) in [6, 6.07) is 17.2. The van der Waals surface area contributed by atoms with E-state index in [9.17, 15) is 21.6 Å². The van der Waals surface area contributed by atoms with Crippen LogP contribution in [-0.4, -0.2) is 37.9 Å². The highest BCUT2D eigenvalue weighted by Gasteiger charge is 2.40. The summed E-state index contributed by atoms with van der Waals surface area (Å²) in [4.78, 5) is 18.9. The van der Waals surface area contributed by atoms with Gasteiger partial charge in [0.15, 0.2) is 10.1 Å². The Morgan fingerprint density at radius 3 is 1.82 bits per heavy atom. The molecule has 0 amide bonds. The highest BCUT2D eigenvalue weighted by molar-refractivity contribution is 8.10. The van der Waals surface area contributed by atoms with E-state index in [1.54, 1.807) is 32.0 Å². The zero-order chi connectivity index (χ0) is 27.5. The summed E-state index contributed by atoms with van der Waals surface area (Å²) in [5.74, 6) is -1.10. The molecule has 2 heterocycles. The molecule has 0 saturated heterocycles. The van der Waals surface area contributed by atoms with Gasteiger partial charge in [-0.3, -0.25) is 0 Å². The van der Waals surface area contributed by atoms with Crippen molar-refractivity contribution in [2.45, 2.75) is 30.5 Å². The van der Waals surface area contributed by atoms with Gasteiger partial charge in [0.25, 0.3) is 20.0 Å². The minimum absolute atomic E-state index is 0.0191. The lowest BCUT2D eigenvalue weighted by atomic mass is 10.1. The molecule has 4 rings (SSSR count). The third-order valence-corrected chi connectivity index (χ3v) is 9.59. The molecule has 10 nitrogen and oxygen atoms in total. The monoisotopic (exact) mass is 553 g/mol. The highest BCUT2D eigenvalue weighted by atomic mass is 32.3. The summed E-state index contributed by atoms with van der Waals surface area (Å²) >= 11 is 0. The number of carboxylic acids is 1. The first-order chi connectivity index (χ1) is 18.0. The van der Waals surface area contributed by atoms with E-state index in [1.807, 2.05) is 0 Å². The Morgan fingerprint density at radius 2 is 1.34 bits per heavy atom. The fourth-order valence-electron chi connectivity index (χ4n) is 3.49. The van der Waals surface area contributed by atoms with Crippen LogP contribution in [0, 0.1) is 13.8 Å². The zero-order valence-corrected chi connectivity index (χ0v) is 22.0. The molecule has 0 aliphatic rings. The number of aromatic nitrogens is 2. The maximum absolute atomic E-state index is 13.8. The Balaban J connectivity index is 1.87.